The minimum absolute atomic E-state index is 0. The van der Waals surface area contributed by atoms with Crippen LogP contribution in [0, 0.1) is 41.7 Å². The Labute approximate surface area is 155 Å². The fourth-order valence-corrected chi connectivity index (χ4v) is 0.342. The molecular formula is C8H5F6LaO6S2-2. The zero-order chi connectivity index (χ0) is 18.2. The molecule has 2 radical (unpaired) electrons. The molecule has 0 atom stereocenters. The van der Waals surface area contributed by atoms with E-state index in [2.05, 4.69) is 6.07 Å². The third-order valence-electron chi connectivity index (χ3n) is 1.17. The summed E-state index contributed by atoms with van der Waals surface area (Å²) in [6.45, 7) is 0. The zero-order valence-electron chi connectivity index (χ0n) is 10.5. The van der Waals surface area contributed by atoms with Crippen LogP contribution in [0.5, 0.6) is 0 Å². The molecule has 1 aromatic carbocycles. The molecule has 0 saturated carbocycles. The zero-order valence-corrected chi connectivity index (χ0v) is 15.8. The van der Waals surface area contributed by atoms with E-state index in [1.54, 1.807) is 0 Å². The van der Waals surface area contributed by atoms with E-state index >= 15 is 0 Å². The van der Waals surface area contributed by atoms with Crippen molar-refractivity contribution in [3.63, 3.8) is 0 Å². The Balaban J connectivity index is -0.000000257. The van der Waals surface area contributed by atoms with Gasteiger partial charge in [0.15, 0.2) is 20.2 Å². The van der Waals surface area contributed by atoms with Crippen molar-refractivity contribution >= 4 is 20.2 Å². The van der Waals surface area contributed by atoms with Crippen LogP contribution in [0.3, 0.4) is 0 Å². The van der Waals surface area contributed by atoms with Crippen molar-refractivity contribution in [2.75, 3.05) is 0 Å². The van der Waals surface area contributed by atoms with E-state index in [1.165, 1.54) is 0 Å². The van der Waals surface area contributed by atoms with Crippen LogP contribution in [0.15, 0.2) is 30.3 Å². The van der Waals surface area contributed by atoms with Gasteiger partial charge in [-0.15, -0.1) is 0 Å². The molecule has 1 rings (SSSR count). The first-order chi connectivity index (χ1) is 9.50. The molecule has 0 saturated heterocycles. The molecule has 0 aliphatic carbocycles. The summed E-state index contributed by atoms with van der Waals surface area (Å²) >= 11 is 0. The molecule has 0 heterocycles. The molecule has 0 unspecified atom stereocenters. The average molecular weight is 514 g/mol. The van der Waals surface area contributed by atoms with Crippen molar-refractivity contribution in [3.8, 4) is 0 Å². The molecule has 0 bridgehead atoms. The molecule has 0 aliphatic rings. The molecule has 0 aromatic heterocycles. The maximum atomic E-state index is 10.7. The van der Waals surface area contributed by atoms with Crippen molar-refractivity contribution in [1.82, 2.24) is 0 Å². The number of hydrogen-bond acceptors (Lipinski definition) is 6. The standard InChI is InChI=1S/C6H5.2CHF3O3S.La/c1-2-4-6-5-3-1;2*2-1(3,4)8(5,6)7;/h1-5H;2*(H,5,6,7);/p-2. The van der Waals surface area contributed by atoms with Gasteiger partial charge in [0.2, 0.25) is 0 Å². The summed E-state index contributed by atoms with van der Waals surface area (Å²) in [6, 6.07) is 12.5. The van der Waals surface area contributed by atoms with Crippen LogP contribution in [0.2, 0.25) is 0 Å². The fraction of sp³-hybridized carbons (Fsp3) is 0.250. The van der Waals surface area contributed by atoms with Crippen molar-refractivity contribution < 1.29 is 87.9 Å². The summed E-state index contributed by atoms with van der Waals surface area (Å²) in [7, 11) is -12.2. The molecule has 6 nitrogen and oxygen atoms in total. The first kappa shape index (κ1) is 27.7. The van der Waals surface area contributed by atoms with Gasteiger partial charge in [-0.1, -0.05) is 30.3 Å². The van der Waals surface area contributed by atoms with E-state index in [9.17, 15) is 26.3 Å². The van der Waals surface area contributed by atoms with E-state index in [4.69, 9.17) is 25.9 Å². The van der Waals surface area contributed by atoms with Gasteiger partial charge in [0.05, 0.1) is 0 Å². The summed E-state index contributed by atoms with van der Waals surface area (Å²) in [4.78, 5) is 0. The van der Waals surface area contributed by atoms with Gasteiger partial charge in [-0.3, -0.25) is 0 Å². The third kappa shape index (κ3) is 15.1. The van der Waals surface area contributed by atoms with Crippen molar-refractivity contribution in [2.24, 2.45) is 0 Å². The van der Waals surface area contributed by atoms with Gasteiger partial charge in [0.25, 0.3) is 0 Å². The first-order valence-electron chi connectivity index (χ1n) is 4.45. The van der Waals surface area contributed by atoms with Crippen molar-refractivity contribution in [1.29, 1.82) is 0 Å². The van der Waals surface area contributed by atoms with E-state index in [-0.39, 0.29) is 35.6 Å². The van der Waals surface area contributed by atoms with Gasteiger partial charge in [-0.2, -0.15) is 26.3 Å². The van der Waals surface area contributed by atoms with Crippen LogP contribution in [-0.2, 0) is 20.2 Å². The van der Waals surface area contributed by atoms with Crippen LogP contribution in [0.1, 0.15) is 0 Å². The van der Waals surface area contributed by atoms with Gasteiger partial charge in [-0.25, -0.2) is 16.8 Å². The van der Waals surface area contributed by atoms with Gasteiger partial charge in [0.1, 0.15) is 0 Å². The monoisotopic (exact) mass is 514 g/mol. The maximum absolute atomic E-state index is 10.7. The molecule has 0 fully saturated rings. The average Bonchev–Trinajstić information content (AvgIpc) is 2.27. The summed E-state index contributed by atoms with van der Waals surface area (Å²) in [5.41, 5.74) is -11.3. The van der Waals surface area contributed by atoms with Crippen LogP contribution in [0.25, 0.3) is 0 Å². The van der Waals surface area contributed by atoms with Gasteiger partial charge >= 0.3 is 11.0 Å². The van der Waals surface area contributed by atoms with Crippen LogP contribution in [-0.4, -0.2) is 37.0 Å². The van der Waals surface area contributed by atoms with E-state index in [0.717, 1.165) is 0 Å². The third-order valence-corrected chi connectivity index (χ3v) is 2.31. The Morgan fingerprint density at radius 1 is 0.696 bits per heavy atom. The predicted molar refractivity (Wildman–Crippen MR) is 56.8 cm³/mol. The fourth-order valence-electron chi connectivity index (χ4n) is 0.342. The van der Waals surface area contributed by atoms with E-state index < -0.39 is 31.3 Å². The number of hydrogen-bond donors (Lipinski definition) is 0. The molecule has 1 aromatic rings. The van der Waals surface area contributed by atoms with Crippen molar-refractivity contribution in [2.45, 2.75) is 11.0 Å². The molecule has 0 aliphatic heterocycles. The maximum Gasteiger partial charge on any atom is 0.485 e. The summed E-state index contributed by atoms with van der Waals surface area (Å²) in [5.74, 6) is 0. The minimum atomic E-state index is -6.09. The summed E-state index contributed by atoms with van der Waals surface area (Å²) < 4.78 is 118. The normalized spacial score (nSPS) is 11.8. The Bertz CT molecular complexity index is 557. The molecule has 0 N–H and O–H groups in total. The molecule has 15 heteroatoms. The molecule has 0 amide bonds. The number of benzene rings is 1. The summed E-state index contributed by atoms with van der Waals surface area (Å²) in [5, 5.41) is 0. The second-order valence-electron chi connectivity index (χ2n) is 2.88. The van der Waals surface area contributed by atoms with E-state index in [0.29, 0.717) is 0 Å². The Morgan fingerprint density at radius 2 is 0.913 bits per heavy atom. The number of halogens is 6. The molecule has 0 spiro atoms. The number of rotatable bonds is 0. The van der Waals surface area contributed by atoms with Gasteiger partial charge < -0.3 is 9.11 Å². The SMILES string of the molecule is O=S(=O)([O-])C(F)(F)F.O=S(=O)([O-])C(F)(F)F.[La].[c]1ccccc1. The van der Waals surface area contributed by atoms with Crippen molar-refractivity contribution in [3.05, 3.63) is 36.4 Å². The second kappa shape index (κ2) is 10.6. The quantitative estimate of drug-likeness (QED) is 0.295. The minimum Gasteiger partial charge on any atom is -0.741 e. The van der Waals surface area contributed by atoms with Gasteiger partial charge in [0, 0.05) is 35.6 Å². The predicted octanol–water partition coefficient (Wildman–Crippen LogP) is 1.59. The number of alkyl halides is 6. The Morgan fingerprint density at radius 3 is 0.957 bits per heavy atom. The first-order valence-corrected chi connectivity index (χ1v) is 7.27. The van der Waals surface area contributed by atoms with Crippen LogP contribution >= 0.6 is 0 Å². The topological polar surface area (TPSA) is 114 Å². The van der Waals surface area contributed by atoms with Crippen LogP contribution < -0.4 is 0 Å². The summed E-state index contributed by atoms with van der Waals surface area (Å²) in [6.07, 6.45) is 0. The second-order valence-corrected chi connectivity index (χ2v) is 5.62. The Hall–Kier alpha value is -0.185. The van der Waals surface area contributed by atoms with E-state index in [1.807, 2.05) is 30.3 Å². The smallest absolute Gasteiger partial charge is 0.485 e. The molecular weight excluding hydrogens is 509 g/mol. The molecule has 132 valence electrons. The molecule has 23 heavy (non-hydrogen) atoms. The van der Waals surface area contributed by atoms with Crippen LogP contribution in [0.4, 0.5) is 26.3 Å². The van der Waals surface area contributed by atoms with Gasteiger partial charge in [-0.05, 0) is 6.07 Å². The Kier molecular flexibility index (Phi) is 12.8. The largest absolute Gasteiger partial charge is 0.741 e.